The van der Waals surface area contributed by atoms with Crippen molar-refractivity contribution in [3.63, 3.8) is 0 Å². The lowest BCUT2D eigenvalue weighted by atomic mass is 9.96. The van der Waals surface area contributed by atoms with Crippen LogP contribution in [0, 0.1) is 5.92 Å². The lowest BCUT2D eigenvalue weighted by molar-refractivity contribution is -0.173. The molecule has 1 aliphatic rings. The third-order valence-electron chi connectivity index (χ3n) is 4.22. The predicted octanol–water partition coefficient (Wildman–Crippen LogP) is 1.51. The average molecular weight is 446 g/mol. The summed E-state index contributed by atoms with van der Waals surface area (Å²) < 4.78 is 68.8. The highest BCUT2D eigenvalue weighted by Gasteiger charge is 2.38. The molecular formula is C18H17F3N2O6S. The number of aldehydes is 1. The van der Waals surface area contributed by atoms with Gasteiger partial charge in [-0.2, -0.15) is 21.6 Å². The van der Waals surface area contributed by atoms with E-state index in [1.807, 2.05) is 0 Å². The number of rotatable bonds is 7. The van der Waals surface area contributed by atoms with Crippen LogP contribution in [0.4, 0.5) is 13.2 Å². The molecule has 8 nitrogen and oxygen atoms in total. The van der Waals surface area contributed by atoms with Crippen molar-refractivity contribution in [3.8, 4) is 0 Å². The van der Waals surface area contributed by atoms with E-state index in [2.05, 4.69) is 5.32 Å². The number of benzene rings is 1. The Kier molecular flexibility index (Phi) is 7.16. The van der Waals surface area contributed by atoms with Crippen LogP contribution in [0.25, 0.3) is 0 Å². The molecule has 1 atom stereocenters. The van der Waals surface area contributed by atoms with Gasteiger partial charge in [0.15, 0.2) is 0 Å². The fourth-order valence-electron chi connectivity index (χ4n) is 2.66. The average Bonchev–Trinajstić information content (AvgIpc) is 2.69. The second kappa shape index (κ2) is 9.22. The molecule has 30 heavy (non-hydrogen) atoms. The van der Waals surface area contributed by atoms with E-state index in [1.54, 1.807) is 5.32 Å². The fourth-order valence-corrected chi connectivity index (χ4v) is 3.55. The second-order valence-electron chi connectivity index (χ2n) is 6.36. The zero-order valence-electron chi connectivity index (χ0n) is 15.3. The Morgan fingerprint density at radius 2 is 1.80 bits per heavy atom. The molecule has 0 spiro atoms. The maximum Gasteiger partial charge on any atom is 0.471 e. The number of allylic oxidation sites excluding steroid dienone is 3. The minimum atomic E-state index is -4.99. The molecule has 0 radical (unpaired) electrons. The minimum Gasteiger partial charge on any atom is -0.351 e. The van der Waals surface area contributed by atoms with E-state index in [4.69, 9.17) is 0 Å². The van der Waals surface area contributed by atoms with E-state index in [-0.39, 0.29) is 35.6 Å². The van der Waals surface area contributed by atoms with Gasteiger partial charge in [0.05, 0.1) is 4.91 Å². The molecular weight excluding hydrogens is 429 g/mol. The SMILES string of the molecule is O=CC1=CCC(CNC(=O)c2ccc(CNC(=O)C(F)(F)F)cc2)C(S(=O)(=O)O)=C1. The number of halogens is 3. The summed E-state index contributed by atoms with van der Waals surface area (Å²) in [6, 6.07) is 5.37. The number of hydrogen-bond donors (Lipinski definition) is 3. The van der Waals surface area contributed by atoms with Gasteiger partial charge >= 0.3 is 12.1 Å². The van der Waals surface area contributed by atoms with Gasteiger partial charge in [-0.25, -0.2) is 0 Å². The van der Waals surface area contributed by atoms with Gasteiger partial charge in [-0.15, -0.1) is 0 Å². The first-order valence-corrected chi connectivity index (χ1v) is 9.92. The van der Waals surface area contributed by atoms with Crippen LogP contribution in [-0.4, -0.2) is 43.8 Å². The molecule has 1 unspecified atom stereocenters. The molecule has 0 aromatic heterocycles. The lowest BCUT2D eigenvalue weighted by Gasteiger charge is -2.21. The van der Waals surface area contributed by atoms with Crippen molar-refractivity contribution in [2.24, 2.45) is 5.92 Å². The van der Waals surface area contributed by atoms with Crippen LogP contribution in [0.1, 0.15) is 22.3 Å². The molecule has 12 heteroatoms. The molecule has 0 saturated heterocycles. The van der Waals surface area contributed by atoms with E-state index in [1.165, 1.54) is 30.3 Å². The van der Waals surface area contributed by atoms with Crippen molar-refractivity contribution in [1.29, 1.82) is 0 Å². The topological polar surface area (TPSA) is 130 Å². The number of nitrogens with one attached hydrogen (secondary N) is 2. The normalized spacial score (nSPS) is 16.9. The zero-order chi connectivity index (χ0) is 22.5. The molecule has 0 saturated carbocycles. The van der Waals surface area contributed by atoms with Gasteiger partial charge in [0.1, 0.15) is 6.29 Å². The summed E-state index contributed by atoms with van der Waals surface area (Å²) in [5.74, 6) is -3.43. The van der Waals surface area contributed by atoms with Crippen molar-refractivity contribution in [3.05, 3.63) is 58.0 Å². The van der Waals surface area contributed by atoms with Gasteiger partial charge in [-0.3, -0.25) is 18.9 Å². The number of carbonyl (C=O) groups is 3. The molecule has 0 bridgehead atoms. The first-order chi connectivity index (χ1) is 13.9. The first kappa shape index (κ1) is 23.3. The van der Waals surface area contributed by atoms with Gasteiger partial charge in [-0.05, 0) is 30.2 Å². The van der Waals surface area contributed by atoms with Gasteiger partial charge in [0.25, 0.3) is 16.0 Å². The monoisotopic (exact) mass is 446 g/mol. The van der Waals surface area contributed by atoms with Crippen molar-refractivity contribution >= 4 is 28.2 Å². The van der Waals surface area contributed by atoms with E-state index in [0.717, 1.165) is 6.08 Å². The Labute approximate surface area is 169 Å². The Morgan fingerprint density at radius 1 is 1.17 bits per heavy atom. The van der Waals surface area contributed by atoms with E-state index in [9.17, 15) is 40.5 Å². The highest BCUT2D eigenvalue weighted by Crippen LogP contribution is 2.26. The van der Waals surface area contributed by atoms with Crippen LogP contribution >= 0.6 is 0 Å². The molecule has 1 aromatic carbocycles. The van der Waals surface area contributed by atoms with Crippen LogP contribution in [0.2, 0.25) is 0 Å². The van der Waals surface area contributed by atoms with Gasteiger partial charge in [0.2, 0.25) is 0 Å². The van der Waals surface area contributed by atoms with Crippen LogP contribution < -0.4 is 10.6 Å². The second-order valence-corrected chi connectivity index (χ2v) is 7.79. The summed E-state index contributed by atoms with van der Waals surface area (Å²) in [5, 5.41) is 4.20. The van der Waals surface area contributed by atoms with E-state index >= 15 is 0 Å². The maximum absolute atomic E-state index is 12.2. The number of alkyl halides is 3. The van der Waals surface area contributed by atoms with Crippen LogP contribution in [0.15, 0.2) is 46.9 Å². The smallest absolute Gasteiger partial charge is 0.351 e. The summed E-state index contributed by atoms with van der Waals surface area (Å²) in [4.78, 5) is 33.5. The Bertz CT molecular complexity index is 998. The molecule has 0 aliphatic heterocycles. The molecule has 0 fully saturated rings. The first-order valence-electron chi connectivity index (χ1n) is 8.48. The van der Waals surface area contributed by atoms with E-state index in [0.29, 0.717) is 11.8 Å². The molecule has 2 amide bonds. The van der Waals surface area contributed by atoms with Gasteiger partial charge in [-0.1, -0.05) is 18.2 Å². The number of amides is 2. The summed E-state index contributed by atoms with van der Waals surface area (Å²) in [7, 11) is -4.56. The van der Waals surface area contributed by atoms with Gasteiger partial charge in [0, 0.05) is 30.1 Å². The largest absolute Gasteiger partial charge is 0.471 e. The van der Waals surface area contributed by atoms with Gasteiger partial charge < -0.3 is 10.6 Å². The Morgan fingerprint density at radius 3 is 2.33 bits per heavy atom. The predicted molar refractivity (Wildman–Crippen MR) is 98.6 cm³/mol. The molecule has 1 aromatic rings. The van der Waals surface area contributed by atoms with Crippen LogP contribution in [-0.2, 0) is 26.3 Å². The van der Waals surface area contributed by atoms with Crippen LogP contribution in [0.5, 0.6) is 0 Å². The zero-order valence-corrected chi connectivity index (χ0v) is 16.1. The maximum atomic E-state index is 12.2. The van der Waals surface area contributed by atoms with Crippen molar-refractivity contribution in [2.75, 3.05) is 6.54 Å². The molecule has 1 aliphatic carbocycles. The van der Waals surface area contributed by atoms with Crippen molar-refractivity contribution in [1.82, 2.24) is 10.6 Å². The highest BCUT2D eigenvalue weighted by molar-refractivity contribution is 7.89. The lowest BCUT2D eigenvalue weighted by Crippen LogP contribution is -2.36. The molecule has 0 heterocycles. The minimum absolute atomic E-state index is 0.0957. The van der Waals surface area contributed by atoms with E-state index < -0.39 is 34.0 Å². The summed E-state index contributed by atoms with van der Waals surface area (Å²) in [6.07, 6.45) is -1.93. The van der Waals surface area contributed by atoms with Crippen molar-refractivity contribution in [2.45, 2.75) is 19.1 Å². The highest BCUT2D eigenvalue weighted by atomic mass is 32.2. The number of hydrogen-bond acceptors (Lipinski definition) is 5. The summed E-state index contributed by atoms with van der Waals surface area (Å²) in [6.45, 7) is -0.521. The summed E-state index contributed by atoms with van der Waals surface area (Å²) in [5.41, 5.74) is 0.580. The number of carbonyl (C=O) groups excluding carboxylic acids is 3. The summed E-state index contributed by atoms with van der Waals surface area (Å²) >= 11 is 0. The van der Waals surface area contributed by atoms with Crippen LogP contribution in [0.3, 0.4) is 0 Å². The molecule has 2 rings (SSSR count). The Balaban J connectivity index is 1.97. The molecule has 3 N–H and O–H groups in total. The van der Waals surface area contributed by atoms with Crippen molar-refractivity contribution < 1.29 is 40.5 Å². The Hall–Kier alpha value is -2.99. The standard InChI is InChI=1S/C18H17F3N2O6S/c19-18(20,21)17(26)23-8-11-1-4-13(5-2-11)16(25)22-9-14-6-3-12(10-24)7-15(14)30(27,28)29/h1-5,7,10,14H,6,8-9H2,(H,22,25)(H,23,26)(H,27,28,29). The third kappa shape index (κ3) is 6.26. The molecule has 162 valence electrons. The quantitative estimate of drug-likeness (QED) is 0.430. The third-order valence-corrected chi connectivity index (χ3v) is 5.27. The fraction of sp³-hybridized carbons (Fsp3) is 0.278.